The van der Waals surface area contributed by atoms with Crippen molar-refractivity contribution in [1.29, 1.82) is 0 Å². The molecule has 0 aromatic heterocycles. The van der Waals surface area contributed by atoms with Crippen LogP contribution in [0.15, 0.2) is 54.6 Å². The van der Waals surface area contributed by atoms with Crippen molar-refractivity contribution in [1.82, 2.24) is 9.80 Å². The van der Waals surface area contributed by atoms with E-state index in [2.05, 4.69) is 0 Å². The Morgan fingerprint density at radius 1 is 0.821 bits per heavy atom. The number of nitrogens with zero attached hydrogens (tertiary/aromatic N) is 2. The van der Waals surface area contributed by atoms with Crippen LogP contribution in [0.2, 0.25) is 0 Å². The van der Waals surface area contributed by atoms with Crippen molar-refractivity contribution in [3.63, 3.8) is 0 Å². The Hall–Kier alpha value is -3.22. The van der Waals surface area contributed by atoms with Gasteiger partial charge < -0.3 is 24.0 Å². The number of hydrogen-bond acceptors (Lipinski definition) is 5. The molecule has 7 nitrogen and oxygen atoms in total. The van der Waals surface area contributed by atoms with Crippen LogP contribution >= 0.6 is 0 Å². The van der Waals surface area contributed by atoms with Crippen LogP contribution in [0, 0.1) is 0 Å². The molecule has 0 saturated carbocycles. The summed E-state index contributed by atoms with van der Waals surface area (Å²) < 4.78 is 16.5. The van der Waals surface area contributed by atoms with E-state index in [0.717, 1.165) is 0 Å². The van der Waals surface area contributed by atoms with Gasteiger partial charge in [0.1, 0.15) is 5.75 Å². The summed E-state index contributed by atoms with van der Waals surface area (Å²) in [5.41, 5.74) is 0. The minimum absolute atomic E-state index is 0.0709. The van der Waals surface area contributed by atoms with Gasteiger partial charge in [-0.1, -0.05) is 30.3 Å². The molecular weight excluding hydrogens is 360 g/mol. The van der Waals surface area contributed by atoms with Crippen molar-refractivity contribution < 1.29 is 23.8 Å². The summed E-state index contributed by atoms with van der Waals surface area (Å²) in [6.07, 6.45) is -0.403. The van der Waals surface area contributed by atoms with Gasteiger partial charge in [0, 0.05) is 26.2 Å². The summed E-state index contributed by atoms with van der Waals surface area (Å²) >= 11 is 0. The summed E-state index contributed by atoms with van der Waals surface area (Å²) in [6.45, 7) is 4.08. The SMILES string of the molecule is CCOc1ccccc1OCC(=O)N1CCN(C(=O)Oc2ccccc2)CC1. The van der Waals surface area contributed by atoms with Gasteiger partial charge in [-0.05, 0) is 31.2 Å². The van der Waals surface area contributed by atoms with Crippen LogP contribution in [-0.4, -0.2) is 61.2 Å². The topological polar surface area (TPSA) is 68.3 Å². The van der Waals surface area contributed by atoms with Crippen molar-refractivity contribution in [2.24, 2.45) is 0 Å². The van der Waals surface area contributed by atoms with Crippen molar-refractivity contribution in [3.05, 3.63) is 54.6 Å². The number of amides is 2. The van der Waals surface area contributed by atoms with Crippen molar-refractivity contribution >= 4 is 12.0 Å². The minimum Gasteiger partial charge on any atom is -0.490 e. The van der Waals surface area contributed by atoms with E-state index in [0.29, 0.717) is 50.0 Å². The Balaban J connectivity index is 1.45. The van der Waals surface area contributed by atoms with Gasteiger partial charge in [-0.15, -0.1) is 0 Å². The van der Waals surface area contributed by atoms with E-state index in [9.17, 15) is 9.59 Å². The van der Waals surface area contributed by atoms with Crippen molar-refractivity contribution in [3.8, 4) is 17.2 Å². The number of benzene rings is 2. The van der Waals surface area contributed by atoms with E-state index in [4.69, 9.17) is 14.2 Å². The number of carbonyl (C=O) groups excluding carboxylic acids is 2. The lowest BCUT2D eigenvalue weighted by Crippen LogP contribution is -2.52. The third kappa shape index (κ3) is 5.16. The molecule has 0 unspecified atom stereocenters. The number of hydrogen-bond donors (Lipinski definition) is 0. The second-order valence-corrected chi connectivity index (χ2v) is 6.22. The Kier molecular flexibility index (Phi) is 6.73. The molecule has 0 radical (unpaired) electrons. The zero-order chi connectivity index (χ0) is 19.8. The molecule has 0 atom stereocenters. The molecule has 2 aromatic rings. The molecule has 1 aliphatic heterocycles. The lowest BCUT2D eigenvalue weighted by atomic mass is 10.3. The summed E-state index contributed by atoms with van der Waals surface area (Å²) in [6, 6.07) is 16.2. The van der Waals surface area contributed by atoms with Crippen molar-refractivity contribution in [2.45, 2.75) is 6.92 Å². The number of rotatable bonds is 6. The lowest BCUT2D eigenvalue weighted by Gasteiger charge is -2.34. The van der Waals surface area contributed by atoms with Crippen LogP contribution in [-0.2, 0) is 4.79 Å². The fourth-order valence-electron chi connectivity index (χ4n) is 2.87. The number of para-hydroxylation sites is 3. The Bertz CT molecular complexity index is 788. The second kappa shape index (κ2) is 9.64. The van der Waals surface area contributed by atoms with E-state index in [1.165, 1.54) is 0 Å². The van der Waals surface area contributed by atoms with Gasteiger partial charge in [-0.25, -0.2) is 4.79 Å². The molecule has 7 heteroatoms. The molecule has 1 aliphatic rings. The van der Waals surface area contributed by atoms with Crippen LogP contribution in [0.3, 0.4) is 0 Å². The average molecular weight is 384 g/mol. The van der Waals surface area contributed by atoms with Gasteiger partial charge in [0.25, 0.3) is 5.91 Å². The molecule has 0 N–H and O–H groups in total. The number of ether oxygens (including phenoxy) is 3. The molecule has 2 amide bonds. The highest BCUT2D eigenvalue weighted by molar-refractivity contribution is 5.78. The lowest BCUT2D eigenvalue weighted by molar-refractivity contribution is -0.134. The fraction of sp³-hybridized carbons (Fsp3) is 0.333. The van der Waals surface area contributed by atoms with Gasteiger partial charge in [-0.2, -0.15) is 0 Å². The van der Waals surface area contributed by atoms with Gasteiger partial charge >= 0.3 is 6.09 Å². The van der Waals surface area contributed by atoms with Crippen LogP contribution in [0.4, 0.5) is 4.79 Å². The molecule has 28 heavy (non-hydrogen) atoms. The highest BCUT2D eigenvalue weighted by Crippen LogP contribution is 2.26. The van der Waals surface area contributed by atoms with Gasteiger partial charge in [-0.3, -0.25) is 4.79 Å². The summed E-state index contributed by atoms with van der Waals surface area (Å²) in [5.74, 6) is 1.55. The average Bonchev–Trinajstić information content (AvgIpc) is 2.74. The fourth-order valence-corrected chi connectivity index (χ4v) is 2.87. The highest BCUT2D eigenvalue weighted by atomic mass is 16.6. The zero-order valence-electron chi connectivity index (χ0n) is 15.9. The highest BCUT2D eigenvalue weighted by Gasteiger charge is 2.25. The quantitative estimate of drug-likeness (QED) is 0.766. The first-order valence-electron chi connectivity index (χ1n) is 9.31. The maximum absolute atomic E-state index is 12.4. The predicted molar refractivity (Wildman–Crippen MR) is 104 cm³/mol. The Morgan fingerprint density at radius 2 is 1.39 bits per heavy atom. The number of carbonyl (C=O) groups is 2. The minimum atomic E-state index is -0.403. The van der Waals surface area contributed by atoms with E-state index in [1.54, 1.807) is 34.1 Å². The van der Waals surface area contributed by atoms with E-state index in [-0.39, 0.29) is 12.5 Å². The molecular formula is C21H24N2O5. The standard InChI is InChI=1S/C21H24N2O5/c1-2-26-18-10-6-7-11-19(18)27-16-20(24)22-12-14-23(15-13-22)21(25)28-17-8-4-3-5-9-17/h3-11H,2,12-16H2,1H3. The molecule has 0 bridgehead atoms. The molecule has 1 heterocycles. The molecule has 148 valence electrons. The molecule has 2 aromatic carbocycles. The smallest absolute Gasteiger partial charge is 0.415 e. The monoisotopic (exact) mass is 384 g/mol. The molecule has 1 fully saturated rings. The van der Waals surface area contributed by atoms with Gasteiger partial charge in [0.05, 0.1) is 6.61 Å². The van der Waals surface area contributed by atoms with Crippen LogP contribution in [0.25, 0.3) is 0 Å². The molecule has 3 rings (SSSR count). The first-order valence-corrected chi connectivity index (χ1v) is 9.31. The van der Waals surface area contributed by atoms with E-state index >= 15 is 0 Å². The Morgan fingerprint density at radius 3 is 2.04 bits per heavy atom. The van der Waals surface area contributed by atoms with E-state index < -0.39 is 6.09 Å². The van der Waals surface area contributed by atoms with Crippen molar-refractivity contribution in [2.75, 3.05) is 39.4 Å². The number of piperazine rings is 1. The third-order valence-corrected chi connectivity index (χ3v) is 4.34. The zero-order valence-corrected chi connectivity index (χ0v) is 15.9. The molecule has 1 saturated heterocycles. The third-order valence-electron chi connectivity index (χ3n) is 4.34. The summed E-state index contributed by atoms with van der Waals surface area (Å²) in [7, 11) is 0. The second-order valence-electron chi connectivity index (χ2n) is 6.22. The molecule has 0 spiro atoms. The van der Waals surface area contributed by atoms with Crippen LogP contribution in [0.5, 0.6) is 17.2 Å². The first-order chi connectivity index (χ1) is 13.7. The summed E-state index contributed by atoms with van der Waals surface area (Å²) in [4.78, 5) is 27.9. The normalized spacial score (nSPS) is 13.8. The summed E-state index contributed by atoms with van der Waals surface area (Å²) in [5, 5.41) is 0. The van der Waals surface area contributed by atoms with Crippen LogP contribution in [0.1, 0.15) is 6.92 Å². The Labute approximate surface area is 164 Å². The van der Waals surface area contributed by atoms with E-state index in [1.807, 2.05) is 37.3 Å². The van der Waals surface area contributed by atoms with Crippen LogP contribution < -0.4 is 14.2 Å². The van der Waals surface area contributed by atoms with Gasteiger partial charge in [0.15, 0.2) is 18.1 Å². The maximum Gasteiger partial charge on any atom is 0.415 e. The van der Waals surface area contributed by atoms with Gasteiger partial charge in [0.2, 0.25) is 0 Å². The first kappa shape index (κ1) is 19.5. The maximum atomic E-state index is 12.4. The largest absolute Gasteiger partial charge is 0.490 e. The molecule has 0 aliphatic carbocycles. The predicted octanol–water partition coefficient (Wildman–Crippen LogP) is 2.81.